The minimum atomic E-state index is -0.589. The Bertz CT molecular complexity index is 524. The molecule has 0 N–H and O–H groups in total. The van der Waals surface area contributed by atoms with Crippen molar-refractivity contribution in [1.82, 2.24) is 4.90 Å². The molecule has 0 aliphatic carbocycles. The van der Waals surface area contributed by atoms with Gasteiger partial charge in [-0.15, -0.1) is 0 Å². The number of hydrogen-bond donors (Lipinski definition) is 0. The lowest BCUT2D eigenvalue weighted by Gasteiger charge is -2.27. The average Bonchev–Trinajstić information content (AvgIpc) is 2.39. The van der Waals surface area contributed by atoms with E-state index in [0.29, 0.717) is 12.1 Å². The number of nitriles is 1. The fraction of sp³-hybridized carbons (Fsp3) is 0.417. The average molecular weight is 261 g/mol. The summed E-state index contributed by atoms with van der Waals surface area (Å²) in [6.45, 7) is 2.11. The van der Waals surface area contributed by atoms with Gasteiger partial charge in [0.2, 0.25) is 0 Å². The van der Waals surface area contributed by atoms with E-state index in [0.717, 1.165) is 31.8 Å². The largest absolute Gasteiger partial charge is 0.300 e. The van der Waals surface area contributed by atoms with Gasteiger partial charge >= 0.3 is 0 Å². The van der Waals surface area contributed by atoms with Crippen LogP contribution in [0.4, 0.5) is 10.1 Å². The molecule has 0 atom stereocenters. The SMILES string of the molecule is N#CB1CCN(Cc2cc(F)cc([N+](=O)[O-])c2)CC1. The Kier molecular flexibility index (Phi) is 4.12. The molecule has 0 spiro atoms. The second kappa shape index (κ2) is 5.80. The predicted octanol–water partition coefficient (Wildman–Crippen LogP) is 2.11. The molecule has 1 aliphatic heterocycles. The molecule has 2 rings (SSSR count). The maximum absolute atomic E-state index is 13.3. The highest BCUT2D eigenvalue weighted by Gasteiger charge is 2.22. The topological polar surface area (TPSA) is 70.2 Å². The van der Waals surface area contributed by atoms with Crippen LogP contribution in [0.3, 0.4) is 0 Å². The first-order valence-corrected chi connectivity index (χ1v) is 6.14. The van der Waals surface area contributed by atoms with Gasteiger partial charge in [-0.25, -0.2) is 9.65 Å². The van der Waals surface area contributed by atoms with Crippen LogP contribution < -0.4 is 0 Å². The molecule has 1 saturated heterocycles. The Labute approximate surface area is 110 Å². The zero-order chi connectivity index (χ0) is 13.8. The summed E-state index contributed by atoms with van der Waals surface area (Å²) in [5.74, 6) is 1.66. The first-order chi connectivity index (χ1) is 9.08. The number of nitro groups is 1. The van der Waals surface area contributed by atoms with Crippen LogP contribution in [0.2, 0.25) is 12.6 Å². The summed E-state index contributed by atoms with van der Waals surface area (Å²) in [5.41, 5.74) is 0.379. The zero-order valence-electron chi connectivity index (χ0n) is 10.4. The van der Waals surface area contributed by atoms with Crippen LogP contribution in [0.25, 0.3) is 0 Å². The van der Waals surface area contributed by atoms with Gasteiger partial charge in [0.05, 0.1) is 11.0 Å². The minimum Gasteiger partial charge on any atom is -0.300 e. The van der Waals surface area contributed by atoms with E-state index in [1.807, 2.05) is 0 Å². The zero-order valence-corrected chi connectivity index (χ0v) is 10.4. The third-order valence-electron chi connectivity index (χ3n) is 3.33. The van der Waals surface area contributed by atoms with Gasteiger partial charge in [-0.2, -0.15) is 0 Å². The van der Waals surface area contributed by atoms with Crippen LogP contribution in [0.15, 0.2) is 18.2 Å². The molecule has 1 fully saturated rings. The maximum Gasteiger partial charge on any atom is 0.272 e. The molecule has 5 nitrogen and oxygen atoms in total. The molecule has 7 heteroatoms. The van der Waals surface area contributed by atoms with E-state index in [1.165, 1.54) is 12.1 Å². The Morgan fingerprint density at radius 3 is 2.68 bits per heavy atom. The van der Waals surface area contributed by atoms with Crippen LogP contribution in [0.5, 0.6) is 0 Å². The molecular weight excluding hydrogens is 248 g/mol. The normalized spacial score (nSPS) is 16.1. The highest BCUT2D eigenvalue weighted by Crippen LogP contribution is 2.19. The lowest BCUT2D eigenvalue weighted by atomic mass is 9.45. The summed E-state index contributed by atoms with van der Waals surface area (Å²) < 4.78 is 13.3. The Morgan fingerprint density at radius 1 is 1.42 bits per heavy atom. The van der Waals surface area contributed by atoms with E-state index in [-0.39, 0.29) is 12.4 Å². The summed E-state index contributed by atoms with van der Waals surface area (Å²) in [5, 5.41) is 19.5. The molecule has 1 aromatic carbocycles. The van der Waals surface area contributed by atoms with Crippen molar-refractivity contribution in [3.05, 3.63) is 39.7 Å². The molecule has 0 unspecified atom stereocenters. The van der Waals surface area contributed by atoms with Gasteiger partial charge in [-0.05, 0) is 37.4 Å². The van der Waals surface area contributed by atoms with E-state index in [4.69, 9.17) is 5.26 Å². The highest BCUT2D eigenvalue weighted by atomic mass is 19.1. The maximum atomic E-state index is 13.3. The van der Waals surface area contributed by atoms with E-state index in [1.54, 1.807) is 0 Å². The number of nitro benzene ring substituents is 1. The van der Waals surface area contributed by atoms with Crippen LogP contribution in [-0.4, -0.2) is 29.6 Å². The third-order valence-corrected chi connectivity index (χ3v) is 3.33. The van der Waals surface area contributed by atoms with Gasteiger partial charge in [0.25, 0.3) is 12.4 Å². The molecule has 0 amide bonds. The number of halogens is 1. The molecule has 1 heterocycles. The highest BCUT2D eigenvalue weighted by molar-refractivity contribution is 6.67. The Hall–Kier alpha value is -1.94. The number of non-ortho nitro benzene ring substituents is 1. The first kappa shape index (κ1) is 13.5. The fourth-order valence-corrected chi connectivity index (χ4v) is 2.31. The van der Waals surface area contributed by atoms with E-state index in [9.17, 15) is 14.5 Å². The first-order valence-electron chi connectivity index (χ1n) is 6.14. The second-order valence-corrected chi connectivity index (χ2v) is 4.75. The summed E-state index contributed by atoms with van der Waals surface area (Å²) in [6.07, 6.45) is 1.60. The third kappa shape index (κ3) is 3.52. The molecule has 0 aromatic heterocycles. The summed E-state index contributed by atoms with van der Waals surface area (Å²) >= 11 is 0. The van der Waals surface area contributed by atoms with Gasteiger partial charge in [-0.1, -0.05) is 0 Å². The second-order valence-electron chi connectivity index (χ2n) is 4.75. The van der Waals surface area contributed by atoms with Gasteiger partial charge < -0.3 is 4.90 Å². The van der Waals surface area contributed by atoms with Crippen molar-refractivity contribution in [1.29, 1.82) is 5.26 Å². The summed E-state index contributed by atoms with van der Waals surface area (Å²) in [4.78, 5) is 12.2. The van der Waals surface area contributed by atoms with Crippen molar-refractivity contribution in [2.24, 2.45) is 0 Å². The molecule has 0 bridgehead atoms. The Balaban J connectivity index is 2.04. The summed E-state index contributed by atoms with van der Waals surface area (Å²) in [7, 11) is 0. The van der Waals surface area contributed by atoms with Gasteiger partial charge in [0.1, 0.15) is 5.82 Å². The smallest absolute Gasteiger partial charge is 0.272 e. The standard InChI is InChI=1S/C12H13BFN3O2/c14-11-5-10(6-12(7-11)17(18)19)8-16-3-1-13(9-15)2-4-16/h5-7H,1-4,8H2. The van der Waals surface area contributed by atoms with Crippen molar-refractivity contribution in [3.8, 4) is 5.97 Å². The van der Waals surface area contributed by atoms with Crippen molar-refractivity contribution >= 4 is 12.4 Å². The quantitative estimate of drug-likeness (QED) is 0.474. The van der Waals surface area contributed by atoms with E-state index in [2.05, 4.69) is 10.9 Å². The Morgan fingerprint density at radius 2 is 2.11 bits per heavy atom. The molecule has 0 radical (unpaired) electrons. The van der Waals surface area contributed by atoms with Crippen LogP contribution in [0.1, 0.15) is 5.56 Å². The van der Waals surface area contributed by atoms with Crippen molar-refractivity contribution in [2.75, 3.05) is 13.1 Å². The van der Waals surface area contributed by atoms with Crippen molar-refractivity contribution in [2.45, 2.75) is 19.2 Å². The lowest BCUT2D eigenvalue weighted by Crippen LogP contribution is -2.36. The molecule has 1 aromatic rings. The molecule has 98 valence electrons. The number of nitrogens with zero attached hydrogens (tertiary/aromatic N) is 3. The van der Waals surface area contributed by atoms with Crippen LogP contribution in [-0.2, 0) is 6.54 Å². The van der Waals surface area contributed by atoms with Crippen molar-refractivity contribution < 1.29 is 9.31 Å². The van der Waals surface area contributed by atoms with Gasteiger partial charge in [0.15, 0.2) is 0 Å². The van der Waals surface area contributed by atoms with Gasteiger partial charge in [0, 0.05) is 18.6 Å². The van der Waals surface area contributed by atoms with Gasteiger partial charge in [-0.3, -0.25) is 10.1 Å². The van der Waals surface area contributed by atoms with Crippen LogP contribution >= 0.6 is 0 Å². The lowest BCUT2D eigenvalue weighted by molar-refractivity contribution is -0.385. The van der Waals surface area contributed by atoms with E-state index >= 15 is 0 Å². The van der Waals surface area contributed by atoms with E-state index < -0.39 is 10.7 Å². The molecule has 0 saturated carbocycles. The number of hydrogen-bond acceptors (Lipinski definition) is 4. The minimum absolute atomic E-state index is 0.0955. The number of rotatable bonds is 3. The number of benzene rings is 1. The van der Waals surface area contributed by atoms with Crippen LogP contribution in [0, 0.1) is 27.2 Å². The monoisotopic (exact) mass is 261 g/mol. The van der Waals surface area contributed by atoms with Crippen molar-refractivity contribution in [3.63, 3.8) is 0 Å². The summed E-state index contributed by atoms with van der Waals surface area (Å²) in [6, 6.07) is 3.65. The predicted molar refractivity (Wildman–Crippen MR) is 69.3 cm³/mol. The fourth-order valence-electron chi connectivity index (χ4n) is 2.31. The molecule has 1 aliphatic rings. The molecule has 19 heavy (non-hydrogen) atoms. The molecular formula is C12H13BFN3O2.